The van der Waals surface area contributed by atoms with Crippen molar-refractivity contribution in [3.05, 3.63) is 124 Å². The van der Waals surface area contributed by atoms with Gasteiger partial charge in [0.05, 0.1) is 33.1 Å². The summed E-state index contributed by atoms with van der Waals surface area (Å²) in [7, 11) is 0. The number of aromatic nitrogens is 1. The minimum atomic E-state index is -0.0888. The predicted molar refractivity (Wildman–Crippen MR) is 143 cm³/mol. The van der Waals surface area contributed by atoms with Crippen molar-refractivity contribution in [3.63, 3.8) is 0 Å². The number of nitrogens with zero attached hydrogens (tertiary/aromatic N) is 1. The molecule has 0 amide bonds. The molecule has 7 aromatic rings. The number of carbonyl (C=O) groups is 1. The molecule has 0 unspecified atom stereocenters. The summed E-state index contributed by atoms with van der Waals surface area (Å²) in [5.41, 5.74) is 6.59. The first-order chi connectivity index (χ1) is 17.7. The second-order valence-corrected chi connectivity index (χ2v) is 9.22. The molecule has 0 atom stereocenters. The molecule has 4 heteroatoms. The van der Waals surface area contributed by atoms with Gasteiger partial charge in [-0.2, -0.15) is 0 Å². The second-order valence-electron chi connectivity index (χ2n) is 9.22. The number of rotatable bonds is 1. The first kappa shape index (κ1) is 19.4. The van der Waals surface area contributed by atoms with Gasteiger partial charge in [0.25, 0.3) is 0 Å². The molecule has 0 saturated heterocycles. The molecule has 8 rings (SSSR count). The van der Waals surface area contributed by atoms with Gasteiger partial charge >= 0.3 is 0 Å². The van der Waals surface area contributed by atoms with Gasteiger partial charge in [-0.05, 0) is 53.6 Å². The zero-order valence-electron chi connectivity index (χ0n) is 19.0. The Labute approximate surface area is 204 Å². The third-order valence-corrected chi connectivity index (χ3v) is 7.34. The van der Waals surface area contributed by atoms with Crippen LogP contribution in [0.1, 0.15) is 15.9 Å². The van der Waals surface area contributed by atoms with Gasteiger partial charge in [-0.15, -0.1) is 0 Å². The lowest BCUT2D eigenvalue weighted by Gasteiger charge is -2.12. The zero-order valence-corrected chi connectivity index (χ0v) is 19.0. The fraction of sp³-hybridized carbons (Fsp3) is 0. The summed E-state index contributed by atoms with van der Waals surface area (Å²) < 4.78 is 8.23. The van der Waals surface area contributed by atoms with Gasteiger partial charge in [0.2, 0.25) is 5.43 Å². The molecule has 5 aromatic carbocycles. The molecule has 2 aromatic heterocycles. The molecule has 0 radical (unpaired) electrons. The Morgan fingerprint density at radius 1 is 0.528 bits per heavy atom. The van der Waals surface area contributed by atoms with E-state index in [1.807, 2.05) is 60.7 Å². The van der Waals surface area contributed by atoms with Crippen LogP contribution in [0.4, 0.5) is 0 Å². The van der Waals surface area contributed by atoms with E-state index < -0.39 is 0 Å². The molecule has 0 aliphatic heterocycles. The van der Waals surface area contributed by atoms with Crippen LogP contribution in [0.2, 0.25) is 0 Å². The van der Waals surface area contributed by atoms with E-state index in [1.165, 1.54) is 0 Å². The molecular formula is C32H17NO3. The van der Waals surface area contributed by atoms with Crippen LogP contribution in [0.15, 0.2) is 112 Å². The molecule has 0 fully saturated rings. The summed E-state index contributed by atoms with van der Waals surface area (Å²) >= 11 is 0. The SMILES string of the molecule is O=C1c2cc3oc4ccccc4c(=O)c3cc2-c2cccc(-n3c4ccccc4c4ccccc43)c21. The van der Waals surface area contributed by atoms with Crippen LogP contribution < -0.4 is 5.43 Å². The number of carbonyl (C=O) groups excluding carboxylic acids is 1. The van der Waals surface area contributed by atoms with E-state index in [0.717, 1.165) is 38.6 Å². The fourth-order valence-corrected chi connectivity index (χ4v) is 5.77. The molecule has 0 N–H and O–H groups in total. The highest BCUT2D eigenvalue weighted by atomic mass is 16.3. The number of para-hydroxylation sites is 3. The highest BCUT2D eigenvalue weighted by Gasteiger charge is 2.32. The van der Waals surface area contributed by atoms with Gasteiger partial charge in [0.15, 0.2) is 5.78 Å². The van der Waals surface area contributed by atoms with E-state index in [9.17, 15) is 9.59 Å². The topological polar surface area (TPSA) is 52.2 Å². The monoisotopic (exact) mass is 463 g/mol. The van der Waals surface area contributed by atoms with Crippen LogP contribution in [0.5, 0.6) is 0 Å². The summed E-state index contributed by atoms with van der Waals surface area (Å²) in [5, 5.41) is 3.30. The molecule has 168 valence electrons. The Hall–Kier alpha value is -4.96. The Kier molecular flexibility index (Phi) is 3.66. The highest BCUT2D eigenvalue weighted by Crippen LogP contribution is 2.43. The maximum Gasteiger partial charge on any atom is 0.200 e. The highest BCUT2D eigenvalue weighted by molar-refractivity contribution is 6.25. The summed E-state index contributed by atoms with van der Waals surface area (Å²) in [6.07, 6.45) is 0. The average molecular weight is 463 g/mol. The molecule has 4 nitrogen and oxygen atoms in total. The zero-order chi connectivity index (χ0) is 24.0. The lowest BCUT2D eigenvalue weighted by Crippen LogP contribution is -2.05. The number of benzene rings is 5. The smallest absolute Gasteiger partial charge is 0.200 e. The standard InChI is InChI=1S/C32H17NO3/c34-31-21-10-3-6-15-28(21)36-29-17-23-22(16-24(29)31)20-11-7-14-27(30(20)32(23)35)33-25-12-4-1-8-18(25)19-9-2-5-13-26(19)33/h1-17H. The molecule has 0 spiro atoms. The summed E-state index contributed by atoms with van der Waals surface area (Å²) in [4.78, 5) is 27.2. The Morgan fingerprint density at radius 3 is 1.94 bits per heavy atom. The Balaban J connectivity index is 1.46. The van der Waals surface area contributed by atoms with Crippen molar-refractivity contribution < 1.29 is 9.21 Å². The van der Waals surface area contributed by atoms with Gasteiger partial charge in [0, 0.05) is 16.3 Å². The fourth-order valence-electron chi connectivity index (χ4n) is 5.77. The predicted octanol–water partition coefficient (Wildman–Crippen LogP) is 7.25. The third-order valence-electron chi connectivity index (χ3n) is 7.34. The Morgan fingerprint density at radius 2 is 1.19 bits per heavy atom. The molecule has 36 heavy (non-hydrogen) atoms. The third kappa shape index (κ3) is 2.38. The van der Waals surface area contributed by atoms with Crippen molar-refractivity contribution in [1.82, 2.24) is 4.57 Å². The van der Waals surface area contributed by atoms with Crippen molar-refractivity contribution >= 4 is 49.5 Å². The van der Waals surface area contributed by atoms with Crippen LogP contribution >= 0.6 is 0 Å². The van der Waals surface area contributed by atoms with E-state index in [0.29, 0.717) is 33.1 Å². The molecule has 0 saturated carbocycles. The second kappa shape index (κ2) is 6.80. The van der Waals surface area contributed by atoms with Crippen LogP contribution in [0.25, 0.3) is 60.6 Å². The first-order valence-electron chi connectivity index (χ1n) is 11.9. The van der Waals surface area contributed by atoms with Gasteiger partial charge in [-0.25, -0.2) is 0 Å². The quantitative estimate of drug-likeness (QED) is 0.241. The summed E-state index contributed by atoms with van der Waals surface area (Å²) in [6.45, 7) is 0. The van der Waals surface area contributed by atoms with Crippen LogP contribution in [0.3, 0.4) is 0 Å². The largest absolute Gasteiger partial charge is 0.456 e. The van der Waals surface area contributed by atoms with Crippen molar-refractivity contribution in [2.24, 2.45) is 0 Å². The van der Waals surface area contributed by atoms with Gasteiger partial charge in [-0.1, -0.05) is 60.7 Å². The summed E-state index contributed by atoms with van der Waals surface area (Å²) in [5.74, 6) is -0.0600. The lowest BCUT2D eigenvalue weighted by molar-refractivity contribution is 0.104. The Bertz CT molecular complexity index is 2090. The van der Waals surface area contributed by atoms with Gasteiger partial charge < -0.3 is 8.98 Å². The van der Waals surface area contributed by atoms with E-state index in [-0.39, 0.29) is 11.2 Å². The maximum absolute atomic E-state index is 13.9. The van der Waals surface area contributed by atoms with Crippen LogP contribution in [0, 0.1) is 0 Å². The summed E-state index contributed by atoms with van der Waals surface area (Å²) in [6, 6.07) is 33.2. The van der Waals surface area contributed by atoms with E-state index in [4.69, 9.17) is 4.42 Å². The van der Waals surface area contributed by atoms with Crippen molar-refractivity contribution in [2.45, 2.75) is 0 Å². The number of fused-ring (bicyclic) bond motifs is 8. The normalized spacial score (nSPS) is 12.6. The minimum absolute atomic E-state index is 0.0600. The van der Waals surface area contributed by atoms with E-state index >= 15 is 0 Å². The van der Waals surface area contributed by atoms with Crippen molar-refractivity contribution in [2.75, 3.05) is 0 Å². The van der Waals surface area contributed by atoms with Crippen LogP contribution in [-0.2, 0) is 0 Å². The molecular weight excluding hydrogens is 446 g/mol. The molecule has 2 heterocycles. The number of ketones is 1. The van der Waals surface area contributed by atoms with E-state index in [2.05, 4.69) is 28.8 Å². The first-order valence-corrected chi connectivity index (χ1v) is 11.9. The van der Waals surface area contributed by atoms with Crippen molar-refractivity contribution in [3.8, 4) is 16.8 Å². The maximum atomic E-state index is 13.9. The van der Waals surface area contributed by atoms with Crippen molar-refractivity contribution in [1.29, 1.82) is 0 Å². The number of hydrogen-bond acceptors (Lipinski definition) is 3. The van der Waals surface area contributed by atoms with E-state index in [1.54, 1.807) is 18.2 Å². The molecule has 0 bridgehead atoms. The minimum Gasteiger partial charge on any atom is -0.456 e. The van der Waals surface area contributed by atoms with Crippen LogP contribution in [-0.4, -0.2) is 10.4 Å². The lowest BCUT2D eigenvalue weighted by atomic mass is 10.0. The molecule has 1 aliphatic rings. The van der Waals surface area contributed by atoms with Gasteiger partial charge in [-0.3, -0.25) is 9.59 Å². The average Bonchev–Trinajstić information content (AvgIpc) is 3.40. The van der Waals surface area contributed by atoms with Gasteiger partial charge in [0.1, 0.15) is 11.2 Å². The molecule has 1 aliphatic carbocycles. The number of hydrogen-bond donors (Lipinski definition) is 0.